The van der Waals surface area contributed by atoms with Gasteiger partial charge in [-0.15, -0.1) is 0 Å². The van der Waals surface area contributed by atoms with Crippen molar-refractivity contribution in [3.05, 3.63) is 39.4 Å². The zero-order valence-electron chi connectivity index (χ0n) is 7.26. The third kappa shape index (κ3) is 2.73. The predicted octanol–water partition coefficient (Wildman–Crippen LogP) is 2.62. The lowest BCUT2D eigenvalue weighted by Gasteiger charge is -1.96. The molecule has 1 aromatic carbocycles. The molecule has 1 rings (SSSR count). The Morgan fingerprint density at radius 1 is 1.40 bits per heavy atom. The Morgan fingerprint density at radius 2 is 2.07 bits per heavy atom. The Morgan fingerprint density at radius 3 is 2.60 bits per heavy atom. The van der Waals surface area contributed by atoms with Crippen molar-refractivity contribution >= 4 is 21.6 Å². The highest BCUT2D eigenvalue weighted by molar-refractivity contribution is 9.09. The van der Waals surface area contributed by atoms with Crippen LogP contribution >= 0.6 is 15.9 Å². The Balaban J connectivity index is 3.25. The van der Waals surface area contributed by atoms with E-state index >= 15 is 0 Å². The second kappa shape index (κ2) is 4.84. The van der Waals surface area contributed by atoms with Crippen molar-refractivity contribution in [1.82, 2.24) is 0 Å². The van der Waals surface area contributed by atoms with Gasteiger partial charge >= 0.3 is 5.69 Å². The fourth-order valence-corrected chi connectivity index (χ4v) is 1.04. The third-order valence-corrected chi connectivity index (χ3v) is 1.80. The summed E-state index contributed by atoms with van der Waals surface area (Å²) in [5.74, 6) is 2.80. The van der Waals surface area contributed by atoms with Crippen LogP contribution in [0.5, 0.6) is 0 Å². The number of nitro groups is 1. The molecule has 0 saturated heterocycles. The summed E-state index contributed by atoms with van der Waals surface area (Å²) in [4.78, 5) is 9.27. The van der Waals surface area contributed by atoms with Crippen LogP contribution in [0.2, 0.25) is 0 Å². The SMILES string of the molecule is O=[N+]([O-])c1cc(F)c(C#CCBr)cc1F. The van der Waals surface area contributed by atoms with E-state index in [0.717, 1.165) is 0 Å². The molecule has 0 unspecified atom stereocenters. The molecule has 0 amide bonds. The Labute approximate surface area is 92.4 Å². The van der Waals surface area contributed by atoms with E-state index in [1.54, 1.807) is 0 Å². The van der Waals surface area contributed by atoms with E-state index in [-0.39, 0.29) is 5.56 Å². The van der Waals surface area contributed by atoms with Crippen LogP contribution in [0, 0.1) is 33.6 Å². The second-order valence-electron chi connectivity index (χ2n) is 2.48. The first kappa shape index (κ1) is 11.6. The lowest BCUT2D eigenvalue weighted by molar-refractivity contribution is -0.387. The fraction of sp³-hybridized carbons (Fsp3) is 0.111. The van der Waals surface area contributed by atoms with Crippen molar-refractivity contribution in [2.24, 2.45) is 0 Å². The number of nitro benzene ring substituents is 1. The summed E-state index contributed by atoms with van der Waals surface area (Å²) in [5.41, 5.74) is -1.09. The van der Waals surface area contributed by atoms with Crippen molar-refractivity contribution in [2.75, 3.05) is 5.33 Å². The molecule has 0 spiro atoms. The van der Waals surface area contributed by atoms with Gasteiger partial charge in [-0.25, -0.2) is 4.39 Å². The Kier molecular flexibility index (Phi) is 3.74. The van der Waals surface area contributed by atoms with Crippen molar-refractivity contribution in [3.63, 3.8) is 0 Å². The summed E-state index contributed by atoms with van der Waals surface area (Å²) < 4.78 is 26.1. The topological polar surface area (TPSA) is 43.1 Å². The molecule has 15 heavy (non-hydrogen) atoms. The van der Waals surface area contributed by atoms with Crippen molar-refractivity contribution in [1.29, 1.82) is 0 Å². The fourth-order valence-electron chi connectivity index (χ4n) is 0.901. The lowest BCUT2D eigenvalue weighted by Crippen LogP contribution is -1.96. The van der Waals surface area contributed by atoms with Gasteiger partial charge in [0.05, 0.1) is 21.9 Å². The molecule has 0 heterocycles. The quantitative estimate of drug-likeness (QED) is 0.342. The van der Waals surface area contributed by atoms with Gasteiger partial charge in [0.25, 0.3) is 0 Å². The van der Waals surface area contributed by atoms with E-state index in [0.29, 0.717) is 17.5 Å². The summed E-state index contributed by atoms with van der Waals surface area (Å²) >= 11 is 2.99. The van der Waals surface area contributed by atoms with Crippen molar-refractivity contribution in [2.45, 2.75) is 0 Å². The Hall–Kier alpha value is -1.48. The van der Waals surface area contributed by atoms with Crippen LogP contribution < -0.4 is 0 Å². The molecular formula is C9H4BrF2NO2. The molecule has 0 aliphatic rings. The lowest BCUT2D eigenvalue weighted by atomic mass is 10.2. The smallest absolute Gasteiger partial charge is 0.258 e. The molecule has 0 fully saturated rings. The van der Waals surface area contributed by atoms with Crippen molar-refractivity contribution < 1.29 is 13.7 Å². The van der Waals surface area contributed by atoms with Gasteiger partial charge in [-0.3, -0.25) is 10.1 Å². The first-order valence-electron chi connectivity index (χ1n) is 3.74. The molecular weight excluding hydrogens is 272 g/mol. The molecule has 3 nitrogen and oxygen atoms in total. The minimum atomic E-state index is -1.10. The first-order chi connectivity index (χ1) is 7.06. The maximum Gasteiger partial charge on any atom is 0.307 e. The maximum atomic E-state index is 13.1. The van der Waals surface area contributed by atoms with Gasteiger partial charge in [-0.1, -0.05) is 27.8 Å². The van der Waals surface area contributed by atoms with Crippen LogP contribution in [-0.2, 0) is 0 Å². The molecule has 1 aromatic rings. The average Bonchev–Trinajstić information content (AvgIpc) is 2.18. The minimum Gasteiger partial charge on any atom is -0.258 e. The van der Waals surface area contributed by atoms with E-state index in [2.05, 4.69) is 27.8 Å². The highest BCUT2D eigenvalue weighted by atomic mass is 79.9. The molecule has 0 radical (unpaired) electrons. The number of hydrogen-bond donors (Lipinski definition) is 0. The largest absolute Gasteiger partial charge is 0.307 e. The molecule has 0 aliphatic heterocycles. The maximum absolute atomic E-state index is 13.1. The van der Waals surface area contributed by atoms with Crippen LogP contribution in [0.1, 0.15) is 5.56 Å². The number of nitrogens with zero attached hydrogens (tertiary/aromatic N) is 1. The molecule has 0 bridgehead atoms. The van der Waals surface area contributed by atoms with Crippen LogP contribution in [0.4, 0.5) is 14.5 Å². The van der Waals surface area contributed by atoms with Gasteiger partial charge in [0.15, 0.2) is 0 Å². The van der Waals surface area contributed by atoms with Gasteiger partial charge in [0, 0.05) is 0 Å². The molecule has 6 heteroatoms. The second-order valence-corrected chi connectivity index (χ2v) is 3.04. The van der Waals surface area contributed by atoms with Crippen LogP contribution in [0.25, 0.3) is 0 Å². The molecule has 0 atom stereocenters. The van der Waals surface area contributed by atoms with Crippen LogP contribution in [0.3, 0.4) is 0 Å². The van der Waals surface area contributed by atoms with E-state index in [4.69, 9.17) is 0 Å². The summed E-state index contributed by atoms with van der Waals surface area (Å²) in [5, 5.41) is 10.6. The van der Waals surface area contributed by atoms with Gasteiger partial charge < -0.3 is 0 Å². The van der Waals surface area contributed by atoms with Crippen LogP contribution in [0.15, 0.2) is 12.1 Å². The van der Waals surface area contributed by atoms with Gasteiger partial charge in [0.2, 0.25) is 5.82 Å². The summed E-state index contributed by atoms with van der Waals surface area (Å²) in [7, 11) is 0. The van der Waals surface area contributed by atoms with E-state index in [1.165, 1.54) is 0 Å². The zero-order chi connectivity index (χ0) is 11.4. The monoisotopic (exact) mass is 275 g/mol. The van der Waals surface area contributed by atoms with Crippen molar-refractivity contribution in [3.8, 4) is 11.8 Å². The normalized spacial score (nSPS) is 9.27. The number of benzene rings is 1. The molecule has 0 aromatic heterocycles. The molecule has 78 valence electrons. The van der Waals surface area contributed by atoms with Gasteiger partial charge in [-0.05, 0) is 6.07 Å². The highest BCUT2D eigenvalue weighted by Gasteiger charge is 2.17. The van der Waals surface area contributed by atoms with E-state index in [9.17, 15) is 18.9 Å². The Bertz CT molecular complexity index is 465. The van der Waals surface area contributed by atoms with E-state index < -0.39 is 22.2 Å². The molecule has 0 N–H and O–H groups in total. The standard InChI is InChI=1S/C9H4BrF2NO2/c10-3-1-2-6-4-8(12)9(13(14)15)5-7(6)11/h4-5H,3H2. The van der Waals surface area contributed by atoms with Gasteiger partial charge in [-0.2, -0.15) is 4.39 Å². The summed E-state index contributed by atoms with van der Waals surface area (Å²) in [6.45, 7) is 0. The molecule has 0 aliphatic carbocycles. The number of halogens is 3. The molecule has 0 saturated carbocycles. The zero-order valence-corrected chi connectivity index (χ0v) is 8.85. The summed E-state index contributed by atoms with van der Waals surface area (Å²) in [6, 6.07) is 1.23. The minimum absolute atomic E-state index is 0.197. The number of alkyl halides is 1. The highest BCUT2D eigenvalue weighted by Crippen LogP contribution is 2.20. The van der Waals surface area contributed by atoms with Gasteiger partial charge in [0.1, 0.15) is 5.82 Å². The average molecular weight is 276 g/mol. The van der Waals surface area contributed by atoms with Crippen LogP contribution in [-0.4, -0.2) is 10.3 Å². The first-order valence-corrected chi connectivity index (χ1v) is 4.86. The van der Waals surface area contributed by atoms with E-state index in [1.807, 2.05) is 0 Å². The number of rotatable bonds is 1. The number of hydrogen-bond acceptors (Lipinski definition) is 2. The predicted molar refractivity (Wildman–Crippen MR) is 53.7 cm³/mol. The third-order valence-electron chi connectivity index (χ3n) is 1.52. The summed E-state index contributed by atoms with van der Waals surface area (Å²) in [6.07, 6.45) is 0.